The number of hydrogen-bond acceptors (Lipinski definition) is 4. The van der Waals surface area contributed by atoms with Crippen LogP contribution in [0.1, 0.15) is 10.4 Å². The minimum absolute atomic E-state index is 0.0923. The highest BCUT2D eigenvalue weighted by atomic mass is 32.2. The third-order valence-electron chi connectivity index (χ3n) is 2.19. The zero-order valence-electron chi connectivity index (χ0n) is 9.11. The lowest BCUT2D eigenvalue weighted by Gasteiger charge is -2.04. The molecule has 2 rings (SSSR count). The highest BCUT2D eigenvalue weighted by molar-refractivity contribution is 7.99. The SMILES string of the molecule is Cn1c(Sc2c(F)cc(C=O)cc2F)n[nH]c1=O. The maximum Gasteiger partial charge on any atom is 0.343 e. The van der Waals surface area contributed by atoms with E-state index < -0.39 is 17.3 Å². The van der Waals surface area contributed by atoms with Gasteiger partial charge < -0.3 is 0 Å². The number of carbonyl (C=O) groups is 1. The van der Waals surface area contributed by atoms with Crippen LogP contribution in [0.5, 0.6) is 0 Å². The van der Waals surface area contributed by atoms with Gasteiger partial charge in [-0.1, -0.05) is 0 Å². The number of nitrogens with zero attached hydrogens (tertiary/aromatic N) is 2. The first kappa shape index (κ1) is 12.5. The van der Waals surface area contributed by atoms with Gasteiger partial charge in [-0.05, 0) is 23.9 Å². The van der Waals surface area contributed by atoms with Gasteiger partial charge >= 0.3 is 5.69 Å². The van der Waals surface area contributed by atoms with Gasteiger partial charge in [-0.15, -0.1) is 5.10 Å². The predicted molar refractivity (Wildman–Crippen MR) is 59.7 cm³/mol. The molecule has 0 atom stereocenters. The molecular weight excluding hydrogens is 264 g/mol. The summed E-state index contributed by atoms with van der Waals surface area (Å²) >= 11 is 0.662. The lowest BCUT2D eigenvalue weighted by atomic mass is 10.2. The van der Waals surface area contributed by atoms with Crippen molar-refractivity contribution in [2.75, 3.05) is 0 Å². The van der Waals surface area contributed by atoms with Crippen molar-refractivity contribution >= 4 is 18.0 Å². The Kier molecular flexibility index (Phi) is 3.28. The number of carbonyl (C=O) groups excluding carboxylic acids is 1. The molecule has 0 saturated heterocycles. The van der Waals surface area contributed by atoms with E-state index in [-0.39, 0.29) is 15.6 Å². The highest BCUT2D eigenvalue weighted by Gasteiger charge is 2.16. The molecule has 0 fully saturated rings. The number of nitrogens with one attached hydrogen (secondary N) is 1. The number of rotatable bonds is 3. The molecule has 94 valence electrons. The van der Waals surface area contributed by atoms with Crippen molar-refractivity contribution in [3.05, 3.63) is 39.8 Å². The van der Waals surface area contributed by atoms with Crippen LogP contribution >= 0.6 is 11.8 Å². The van der Waals surface area contributed by atoms with E-state index in [1.165, 1.54) is 7.05 Å². The van der Waals surface area contributed by atoms with E-state index in [9.17, 15) is 18.4 Å². The fourth-order valence-electron chi connectivity index (χ4n) is 1.26. The molecule has 1 aromatic carbocycles. The summed E-state index contributed by atoms with van der Waals surface area (Å²) in [5, 5.41) is 5.90. The number of hydrogen-bond donors (Lipinski definition) is 1. The second kappa shape index (κ2) is 4.73. The van der Waals surface area contributed by atoms with Crippen LogP contribution in [0.2, 0.25) is 0 Å². The Morgan fingerprint density at radius 1 is 1.39 bits per heavy atom. The van der Waals surface area contributed by atoms with Crippen molar-refractivity contribution < 1.29 is 13.6 Å². The smallest absolute Gasteiger partial charge is 0.298 e. The zero-order chi connectivity index (χ0) is 13.3. The molecule has 0 unspecified atom stereocenters. The van der Waals surface area contributed by atoms with E-state index in [1.54, 1.807) is 0 Å². The molecule has 0 saturated carbocycles. The third-order valence-corrected chi connectivity index (χ3v) is 3.33. The van der Waals surface area contributed by atoms with Crippen molar-refractivity contribution in [2.24, 2.45) is 7.05 Å². The molecule has 0 bridgehead atoms. The number of H-pyrrole nitrogens is 1. The molecule has 0 aliphatic rings. The summed E-state index contributed by atoms with van der Waals surface area (Å²) < 4.78 is 28.3. The number of aldehydes is 1. The molecule has 1 aromatic heterocycles. The summed E-state index contributed by atoms with van der Waals surface area (Å²) in [5.74, 6) is -1.75. The highest BCUT2D eigenvalue weighted by Crippen LogP contribution is 2.30. The molecule has 0 aliphatic carbocycles. The molecule has 0 spiro atoms. The van der Waals surface area contributed by atoms with Crippen molar-refractivity contribution in [3.63, 3.8) is 0 Å². The van der Waals surface area contributed by atoms with E-state index in [0.29, 0.717) is 18.0 Å². The van der Waals surface area contributed by atoms with Crippen LogP contribution in [0, 0.1) is 11.6 Å². The number of aromatic amines is 1. The Balaban J connectivity index is 2.44. The van der Waals surface area contributed by atoms with E-state index in [4.69, 9.17) is 0 Å². The second-order valence-electron chi connectivity index (χ2n) is 3.40. The van der Waals surface area contributed by atoms with Crippen molar-refractivity contribution in [1.29, 1.82) is 0 Å². The fraction of sp³-hybridized carbons (Fsp3) is 0.100. The van der Waals surface area contributed by atoms with Crippen molar-refractivity contribution in [2.45, 2.75) is 10.1 Å². The Hall–Kier alpha value is -1.96. The van der Waals surface area contributed by atoms with Crippen molar-refractivity contribution in [3.8, 4) is 0 Å². The molecule has 2 aromatic rings. The summed E-state index contributed by atoms with van der Waals surface area (Å²) in [7, 11) is 1.42. The zero-order valence-corrected chi connectivity index (χ0v) is 9.92. The largest absolute Gasteiger partial charge is 0.343 e. The van der Waals surface area contributed by atoms with Gasteiger partial charge in [0.15, 0.2) is 5.16 Å². The van der Waals surface area contributed by atoms with Crippen LogP contribution in [0.15, 0.2) is 27.0 Å². The summed E-state index contributed by atoms with van der Waals surface area (Å²) in [6.45, 7) is 0. The molecule has 0 aliphatic heterocycles. The van der Waals surface area contributed by atoms with Crippen molar-refractivity contribution in [1.82, 2.24) is 14.8 Å². The topological polar surface area (TPSA) is 67.8 Å². The molecule has 5 nitrogen and oxygen atoms in total. The maximum atomic E-state index is 13.6. The minimum atomic E-state index is -0.877. The van der Waals surface area contributed by atoms with Gasteiger partial charge in [0, 0.05) is 12.6 Å². The lowest BCUT2D eigenvalue weighted by molar-refractivity contribution is 0.112. The molecule has 0 amide bonds. The fourth-order valence-corrected chi connectivity index (χ4v) is 2.07. The van der Waals surface area contributed by atoms with Crippen LogP contribution < -0.4 is 5.69 Å². The quantitative estimate of drug-likeness (QED) is 0.856. The summed E-state index contributed by atoms with van der Waals surface area (Å²) in [6.07, 6.45) is 0.352. The summed E-state index contributed by atoms with van der Waals surface area (Å²) in [6, 6.07) is 1.84. The molecule has 1 N–H and O–H groups in total. The average molecular weight is 271 g/mol. The third kappa shape index (κ3) is 2.19. The van der Waals surface area contributed by atoms with Crippen LogP contribution in [-0.4, -0.2) is 21.1 Å². The normalized spacial score (nSPS) is 10.6. The summed E-state index contributed by atoms with van der Waals surface area (Å²) in [5.41, 5.74) is -0.576. The Morgan fingerprint density at radius 2 is 2.00 bits per heavy atom. The molecule has 18 heavy (non-hydrogen) atoms. The number of aromatic nitrogens is 3. The minimum Gasteiger partial charge on any atom is -0.298 e. The Morgan fingerprint density at radius 3 is 2.44 bits per heavy atom. The molecule has 0 radical (unpaired) electrons. The van der Waals surface area contributed by atoms with Crippen LogP contribution in [-0.2, 0) is 7.05 Å². The van der Waals surface area contributed by atoms with E-state index in [1.807, 2.05) is 0 Å². The van der Waals surface area contributed by atoms with E-state index in [0.717, 1.165) is 16.7 Å². The first-order valence-corrected chi connectivity index (χ1v) is 5.58. The molecule has 1 heterocycles. The maximum absolute atomic E-state index is 13.6. The standard InChI is InChI=1S/C10H7F2N3O2S/c1-15-9(17)13-14-10(15)18-8-6(11)2-5(4-16)3-7(8)12/h2-4H,1H3,(H,13,17). The second-order valence-corrected chi connectivity index (χ2v) is 4.38. The number of halogens is 2. The average Bonchev–Trinajstić information content (AvgIpc) is 2.65. The Bertz CT molecular complexity index is 642. The monoisotopic (exact) mass is 271 g/mol. The first-order valence-electron chi connectivity index (χ1n) is 4.76. The Labute approximate surface area is 104 Å². The van der Waals surface area contributed by atoms with Gasteiger partial charge in [-0.25, -0.2) is 18.7 Å². The van der Waals surface area contributed by atoms with Gasteiger partial charge in [-0.2, -0.15) is 0 Å². The molecular formula is C10H7F2N3O2S. The van der Waals surface area contributed by atoms with E-state index in [2.05, 4.69) is 10.2 Å². The summed E-state index contributed by atoms with van der Waals surface area (Å²) in [4.78, 5) is 21.2. The van der Waals surface area contributed by atoms with Gasteiger partial charge in [0.25, 0.3) is 0 Å². The van der Waals surface area contributed by atoms with Gasteiger partial charge in [-0.3, -0.25) is 9.36 Å². The van der Waals surface area contributed by atoms with E-state index >= 15 is 0 Å². The molecule has 8 heteroatoms. The van der Waals surface area contributed by atoms with Crippen LogP contribution in [0.4, 0.5) is 8.78 Å². The van der Waals surface area contributed by atoms with Crippen LogP contribution in [0.25, 0.3) is 0 Å². The first-order chi connectivity index (χ1) is 8.52. The van der Waals surface area contributed by atoms with Gasteiger partial charge in [0.2, 0.25) is 0 Å². The number of benzene rings is 1. The van der Waals surface area contributed by atoms with Gasteiger partial charge in [0.05, 0.1) is 4.90 Å². The van der Waals surface area contributed by atoms with Gasteiger partial charge in [0.1, 0.15) is 17.9 Å². The van der Waals surface area contributed by atoms with Crippen LogP contribution in [0.3, 0.4) is 0 Å². The predicted octanol–water partition coefficient (Wildman–Crippen LogP) is 1.35. The lowest BCUT2D eigenvalue weighted by Crippen LogP contribution is -2.12.